The van der Waals surface area contributed by atoms with Gasteiger partial charge in [0.15, 0.2) is 0 Å². The molecule has 0 spiro atoms. The molecule has 5 nitrogen and oxygen atoms in total. The molecule has 3 N–H and O–H groups in total. The summed E-state index contributed by atoms with van der Waals surface area (Å²) in [5.41, 5.74) is 6.31. The van der Waals surface area contributed by atoms with Crippen molar-refractivity contribution in [3.05, 3.63) is 22.2 Å². The fourth-order valence-electron chi connectivity index (χ4n) is 2.13. The number of amides is 2. The van der Waals surface area contributed by atoms with Crippen molar-refractivity contribution in [1.82, 2.24) is 0 Å². The van der Waals surface area contributed by atoms with Gasteiger partial charge in [-0.15, -0.1) is 0 Å². The topological polar surface area (TPSA) is 81.4 Å². The Kier molecular flexibility index (Phi) is 4.14. The molecule has 0 saturated carbocycles. The van der Waals surface area contributed by atoms with Crippen LogP contribution < -0.4 is 15.8 Å². The predicted molar refractivity (Wildman–Crippen MR) is 81.9 cm³/mol. The highest BCUT2D eigenvalue weighted by molar-refractivity contribution is 6.34. The number of benzene rings is 1. The molecule has 0 unspecified atom stereocenters. The van der Waals surface area contributed by atoms with Gasteiger partial charge in [0, 0.05) is 11.0 Å². The van der Waals surface area contributed by atoms with E-state index in [0.717, 1.165) is 12.0 Å². The van der Waals surface area contributed by atoms with Crippen LogP contribution in [-0.4, -0.2) is 18.4 Å². The Balaban J connectivity index is 2.52. The summed E-state index contributed by atoms with van der Waals surface area (Å²) in [6.07, 6.45) is 1.47. The van der Waals surface area contributed by atoms with Crippen LogP contribution in [-0.2, 0) is 11.2 Å². The highest BCUT2D eigenvalue weighted by Gasteiger charge is 2.28. The molecule has 1 heterocycles. The quantitative estimate of drug-likeness (QED) is 0.881. The van der Waals surface area contributed by atoms with Crippen molar-refractivity contribution in [3.8, 4) is 5.75 Å². The number of halogens is 1. The maximum atomic E-state index is 12.2. The van der Waals surface area contributed by atoms with E-state index < -0.39 is 11.3 Å². The lowest BCUT2D eigenvalue weighted by Crippen LogP contribution is -2.29. The number of carbonyl (C=O) groups is 2. The van der Waals surface area contributed by atoms with E-state index in [-0.39, 0.29) is 11.5 Å². The summed E-state index contributed by atoms with van der Waals surface area (Å²) in [4.78, 5) is 23.7. The first kappa shape index (κ1) is 15.6. The second-order valence-electron chi connectivity index (χ2n) is 6.11. The van der Waals surface area contributed by atoms with E-state index in [9.17, 15) is 9.59 Å². The molecule has 1 aromatic carbocycles. The standard InChI is InChI=1S/C15H19ClN2O3/c1-15(2,3)14(20)18-11-8-5-4-6-21-12(8)9(13(17)19)7-10(11)16/h7H,4-6H2,1-3H3,(H2,17,19)(H,18,20). The largest absolute Gasteiger partial charge is 0.492 e. The van der Waals surface area contributed by atoms with Gasteiger partial charge >= 0.3 is 0 Å². The molecule has 0 aliphatic carbocycles. The fraction of sp³-hybridized carbons (Fsp3) is 0.467. The van der Waals surface area contributed by atoms with Crippen molar-refractivity contribution in [1.29, 1.82) is 0 Å². The molecule has 1 aromatic rings. The zero-order valence-corrected chi connectivity index (χ0v) is 13.1. The second-order valence-corrected chi connectivity index (χ2v) is 6.52. The predicted octanol–water partition coefficient (Wildman–Crippen LogP) is 2.75. The van der Waals surface area contributed by atoms with Gasteiger partial charge in [-0.25, -0.2) is 0 Å². The van der Waals surface area contributed by atoms with Gasteiger partial charge in [-0.1, -0.05) is 32.4 Å². The van der Waals surface area contributed by atoms with Crippen LogP contribution in [0.5, 0.6) is 5.75 Å². The van der Waals surface area contributed by atoms with Crippen LogP contribution >= 0.6 is 11.6 Å². The number of fused-ring (bicyclic) bond motifs is 1. The van der Waals surface area contributed by atoms with Gasteiger partial charge < -0.3 is 15.8 Å². The minimum Gasteiger partial charge on any atom is -0.492 e. The third-order valence-electron chi connectivity index (χ3n) is 3.33. The Morgan fingerprint density at radius 3 is 2.62 bits per heavy atom. The van der Waals surface area contributed by atoms with Gasteiger partial charge in [0.2, 0.25) is 5.91 Å². The molecular weight excluding hydrogens is 292 g/mol. The molecule has 6 heteroatoms. The van der Waals surface area contributed by atoms with Crippen LogP contribution in [0.3, 0.4) is 0 Å². The third-order valence-corrected chi connectivity index (χ3v) is 3.63. The Morgan fingerprint density at radius 1 is 1.38 bits per heavy atom. The van der Waals surface area contributed by atoms with E-state index in [4.69, 9.17) is 22.1 Å². The van der Waals surface area contributed by atoms with E-state index >= 15 is 0 Å². The Bertz CT molecular complexity index is 606. The van der Waals surface area contributed by atoms with Gasteiger partial charge in [0.1, 0.15) is 5.75 Å². The average molecular weight is 311 g/mol. The minimum absolute atomic E-state index is 0.149. The van der Waals surface area contributed by atoms with E-state index in [2.05, 4.69) is 5.32 Å². The maximum absolute atomic E-state index is 12.2. The molecule has 0 aromatic heterocycles. The summed E-state index contributed by atoms with van der Waals surface area (Å²) in [5.74, 6) is -0.310. The average Bonchev–Trinajstić information content (AvgIpc) is 2.40. The molecule has 0 fully saturated rings. The number of nitrogens with two attached hydrogens (primary N) is 1. The van der Waals surface area contributed by atoms with Crippen molar-refractivity contribution in [3.63, 3.8) is 0 Å². The Morgan fingerprint density at radius 2 is 2.05 bits per heavy atom. The molecule has 0 radical (unpaired) electrons. The lowest BCUT2D eigenvalue weighted by molar-refractivity contribution is -0.123. The summed E-state index contributed by atoms with van der Waals surface area (Å²) in [5, 5.41) is 3.14. The summed E-state index contributed by atoms with van der Waals surface area (Å²) < 4.78 is 5.57. The number of rotatable bonds is 2. The normalized spacial score (nSPS) is 14.1. The van der Waals surface area contributed by atoms with Gasteiger partial charge in [-0.3, -0.25) is 9.59 Å². The first-order valence-corrected chi connectivity index (χ1v) is 7.19. The van der Waals surface area contributed by atoms with Crippen molar-refractivity contribution in [2.45, 2.75) is 33.6 Å². The van der Waals surface area contributed by atoms with E-state index in [1.54, 1.807) is 0 Å². The lowest BCUT2D eigenvalue weighted by atomic mass is 9.94. The third kappa shape index (κ3) is 3.13. The Hall–Kier alpha value is -1.75. The maximum Gasteiger partial charge on any atom is 0.252 e. The van der Waals surface area contributed by atoms with Crippen LogP contribution in [0.15, 0.2) is 6.07 Å². The fourth-order valence-corrected chi connectivity index (χ4v) is 2.40. The molecule has 2 rings (SSSR count). The highest BCUT2D eigenvalue weighted by Crippen LogP contribution is 2.40. The number of carbonyl (C=O) groups excluding carboxylic acids is 2. The van der Waals surface area contributed by atoms with Crippen molar-refractivity contribution in [2.75, 3.05) is 11.9 Å². The molecule has 114 valence electrons. The molecular formula is C15H19ClN2O3. The smallest absolute Gasteiger partial charge is 0.252 e. The van der Waals surface area contributed by atoms with Crippen molar-refractivity contribution < 1.29 is 14.3 Å². The highest BCUT2D eigenvalue weighted by atomic mass is 35.5. The number of hydrogen-bond acceptors (Lipinski definition) is 3. The molecule has 1 aliphatic rings. The second kappa shape index (κ2) is 5.56. The van der Waals surface area contributed by atoms with E-state index in [0.29, 0.717) is 29.5 Å². The number of anilines is 1. The molecule has 21 heavy (non-hydrogen) atoms. The van der Waals surface area contributed by atoms with Gasteiger partial charge in [-0.05, 0) is 18.9 Å². The molecule has 0 saturated heterocycles. The number of ether oxygens (including phenoxy) is 1. The number of hydrogen-bond donors (Lipinski definition) is 2. The van der Waals surface area contributed by atoms with E-state index in [1.165, 1.54) is 6.07 Å². The molecule has 1 aliphatic heterocycles. The van der Waals surface area contributed by atoms with E-state index in [1.807, 2.05) is 20.8 Å². The van der Waals surface area contributed by atoms with Crippen LogP contribution in [0.2, 0.25) is 5.02 Å². The SMILES string of the molecule is CC(C)(C)C(=O)Nc1c(Cl)cc(C(N)=O)c2c1CCCO2. The molecule has 0 atom stereocenters. The minimum atomic E-state index is -0.594. The number of nitrogens with one attached hydrogen (secondary N) is 1. The van der Waals surface area contributed by atoms with Crippen molar-refractivity contribution >= 4 is 29.1 Å². The first-order valence-electron chi connectivity index (χ1n) is 6.81. The van der Waals surface area contributed by atoms with Crippen LogP contribution in [0.4, 0.5) is 5.69 Å². The summed E-state index contributed by atoms with van der Waals surface area (Å²) in [6.45, 7) is 5.96. The van der Waals surface area contributed by atoms with Crippen LogP contribution in [0.1, 0.15) is 43.1 Å². The van der Waals surface area contributed by atoms with Gasteiger partial charge in [0.25, 0.3) is 5.91 Å². The monoisotopic (exact) mass is 310 g/mol. The first-order chi connectivity index (χ1) is 9.71. The van der Waals surface area contributed by atoms with Crippen molar-refractivity contribution in [2.24, 2.45) is 11.1 Å². The zero-order chi connectivity index (χ0) is 15.8. The van der Waals surface area contributed by atoms with Crippen LogP contribution in [0, 0.1) is 5.41 Å². The van der Waals surface area contributed by atoms with Crippen LogP contribution in [0.25, 0.3) is 0 Å². The lowest BCUT2D eigenvalue weighted by Gasteiger charge is -2.25. The Labute approximate surface area is 128 Å². The zero-order valence-electron chi connectivity index (χ0n) is 12.4. The molecule has 2 amide bonds. The molecule has 0 bridgehead atoms. The summed E-state index contributed by atoms with van der Waals surface area (Å²) in [6, 6.07) is 1.45. The summed E-state index contributed by atoms with van der Waals surface area (Å²) >= 11 is 6.23. The van der Waals surface area contributed by atoms with Gasteiger partial charge in [-0.2, -0.15) is 0 Å². The number of primary amides is 1. The van der Waals surface area contributed by atoms with Gasteiger partial charge in [0.05, 0.1) is 22.9 Å². The summed E-state index contributed by atoms with van der Waals surface area (Å²) in [7, 11) is 0.